The first kappa shape index (κ1) is 23.3. The monoisotopic (exact) mass is 413 g/mol. The Kier molecular flexibility index (Phi) is 8.27. The lowest BCUT2D eigenvalue weighted by Gasteiger charge is -2.17. The van der Waals surface area contributed by atoms with Crippen LogP contribution in [0.2, 0.25) is 0 Å². The van der Waals surface area contributed by atoms with Crippen molar-refractivity contribution in [1.82, 2.24) is 0 Å². The zero-order valence-corrected chi connectivity index (χ0v) is 18.5. The number of hydrogen-bond acceptors (Lipinski definition) is 5. The Morgan fingerprint density at radius 3 is 2.30 bits per heavy atom. The molecule has 0 aliphatic rings. The van der Waals surface area contributed by atoms with E-state index in [2.05, 4.69) is 19.2 Å². The maximum absolute atomic E-state index is 12.5. The Morgan fingerprint density at radius 2 is 1.67 bits per heavy atom. The molecular weight excluding hydrogens is 382 g/mol. The SMILES string of the molecule is COc1cc(C(=O)O[C@@H](C)C(=O)Nc2ccccc2C(C)C)ccc1OCC(C)C. The Morgan fingerprint density at radius 1 is 0.967 bits per heavy atom. The van der Waals surface area contributed by atoms with Crippen LogP contribution in [-0.2, 0) is 9.53 Å². The van der Waals surface area contributed by atoms with Crippen LogP contribution in [0.15, 0.2) is 42.5 Å². The van der Waals surface area contributed by atoms with Crippen LogP contribution >= 0.6 is 0 Å². The van der Waals surface area contributed by atoms with Crippen LogP contribution in [0.3, 0.4) is 0 Å². The third-order valence-electron chi connectivity index (χ3n) is 4.47. The van der Waals surface area contributed by atoms with Crippen molar-refractivity contribution in [2.45, 2.75) is 46.6 Å². The van der Waals surface area contributed by atoms with Gasteiger partial charge in [0, 0.05) is 5.69 Å². The van der Waals surface area contributed by atoms with Gasteiger partial charge in [-0.1, -0.05) is 45.9 Å². The Bertz CT molecular complexity index is 876. The molecule has 2 aromatic rings. The molecule has 1 amide bonds. The summed E-state index contributed by atoms with van der Waals surface area (Å²) in [6.07, 6.45) is -0.958. The number of carbonyl (C=O) groups is 2. The molecule has 2 aromatic carbocycles. The van der Waals surface area contributed by atoms with Gasteiger partial charge in [-0.05, 0) is 48.6 Å². The predicted octanol–water partition coefficient (Wildman–Crippen LogP) is 5.04. The number of rotatable bonds is 9. The van der Waals surface area contributed by atoms with E-state index < -0.39 is 12.1 Å². The fourth-order valence-corrected chi connectivity index (χ4v) is 2.80. The van der Waals surface area contributed by atoms with Crippen molar-refractivity contribution in [2.75, 3.05) is 19.0 Å². The molecule has 0 fully saturated rings. The minimum atomic E-state index is -0.958. The number of benzene rings is 2. The highest BCUT2D eigenvalue weighted by Crippen LogP contribution is 2.29. The van der Waals surface area contributed by atoms with Gasteiger partial charge in [0.05, 0.1) is 19.3 Å². The molecule has 0 radical (unpaired) electrons. The molecule has 0 spiro atoms. The number of amides is 1. The molecule has 0 unspecified atom stereocenters. The number of nitrogens with one attached hydrogen (secondary N) is 1. The smallest absolute Gasteiger partial charge is 0.339 e. The van der Waals surface area contributed by atoms with Crippen LogP contribution < -0.4 is 14.8 Å². The van der Waals surface area contributed by atoms with Crippen LogP contribution in [0.1, 0.15) is 56.5 Å². The van der Waals surface area contributed by atoms with Gasteiger partial charge in [0.2, 0.25) is 0 Å². The Balaban J connectivity index is 2.05. The molecule has 0 heterocycles. The quantitative estimate of drug-likeness (QED) is 0.583. The van der Waals surface area contributed by atoms with Gasteiger partial charge in [0.1, 0.15) is 0 Å². The third-order valence-corrected chi connectivity index (χ3v) is 4.47. The maximum Gasteiger partial charge on any atom is 0.339 e. The average molecular weight is 414 g/mol. The fourth-order valence-electron chi connectivity index (χ4n) is 2.80. The molecule has 0 aliphatic carbocycles. The van der Waals surface area contributed by atoms with Crippen LogP contribution in [0.25, 0.3) is 0 Å². The van der Waals surface area contributed by atoms with E-state index in [0.29, 0.717) is 29.7 Å². The molecule has 6 heteroatoms. The molecular formula is C24H31NO5. The zero-order chi connectivity index (χ0) is 22.3. The van der Waals surface area contributed by atoms with Crippen LogP contribution in [0, 0.1) is 5.92 Å². The molecule has 0 aliphatic heterocycles. The van der Waals surface area contributed by atoms with E-state index in [9.17, 15) is 9.59 Å². The number of hydrogen-bond donors (Lipinski definition) is 1. The first-order valence-corrected chi connectivity index (χ1v) is 10.1. The van der Waals surface area contributed by atoms with Gasteiger partial charge in [0.15, 0.2) is 17.6 Å². The van der Waals surface area contributed by atoms with Crippen LogP contribution in [-0.4, -0.2) is 31.7 Å². The topological polar surface area (TPSA) is 73.9 Å². The van der Waals surface area contributed by atoms with E-state index in [4.69, 9.17) is 14.2 Å². The maximum atomic E-state index is 12.5. The summed E-state index contributed by atoms with van der Waals surface area (Å²) < 4.78 is 16.4. The minimum absolute atomic E-state index is 0.253. The second kappa shape index (κ2) is 10.7. The van der Waals surface area contributed by atoms with Crippen molar-refractivity contribution in [3.05, 3.63) is 53.6 Å². The van der Waals surface area contributed by atoms with Gasteiger partial charge in [-0.3, -0.25) is 4.79 Å². The molecule has 1 atom stereocenters. The number of esters is 1. The summed E-state index contributed by atoms with van der Waals surface area (Å²) in [6, 6.07) is 12.4. The largest absolute Gasteiger partial charge is 0.493 e. The molecule has 30 heavy (non-hydrogen) atoms. The van der Waals surface area contributed by atoms with Crippen molar-refractivity contribution >= 4 is 17.6 Å². The van der Waals surface area contributed by atoms with Crippen LogP contribution in [0.4, 0.5) is 5.69 Å². The highest BCUT2D eigenvalue weighted by atomic mass is 16.5. The van der Waals surface area contributed by atoms with Gasteiger partial charge < -0.3 is 19.5 Å². The standard InChI is InChI=1S/C24H31NO5/c1-15(2)14-29-21-12-11-18(13-22(21)28-6)24(27)30-17(5)23(26)25-20-10-8-7-9-19(20)16(3)4/h7-13,15-17H,14H2,1-6H3,(H,25,26)/t17-/m0/s1. The zero-order valence-electron chi connectivity index (χ0n) is 18.5. The van der Waals surface area contributed by atoms with E-state index in [-0.39, 0.29) is 17.4 Å². The number of ether oxygens (including phenoxy) is 3. The molecule has 0 bridgehead atoms. The lowest BCUT2D eigenvalue weighted by molar-refractivity contribution is -0.123. The van der Waals surface area contributed by atoms with E-state index in [1.165, 1.54) is 7.11 Å². The minimum Gasteiger partial charge on any atom is -0.493 e. The lowest BCUT2D eigenvalue weighted by atomic mass is 10.0. The number of carbonyl (C=O) groups excluding carboxylic acids is 2. The van der Waals surface area contributed by atoms with E-state index >= 15 is 0 Å². The molecule has 162 valence electrons. The van der Waals surface area contributed by atoms with E-state index in [1.807, 2.05) is 38.1 Å². The second-order valence-corrected chi connectivity index (χ2v) is 7.85. The van der Waals surface area contributed by atoms with Crippen molar-refractivity contribution in [3.63, 3.8) is 0 Å². The van der Waals surface area contributed by atoms with E-state index in [0.717, 1.165) is 5.56 Å². The number of anilines is 1. The molecule has 1 N–H and O–H groups in total. The molecule has 0 aromatic heterocycles. The lowest BCUT2D eigenvalue weighted by Crippen LogP contribution is -2.30. The predicted molar refractivity (Wildman–Crippen MR) is 117 cm³/mol. The molecule has 2 rings (SSSR count). The third kappa shape index (κ3) is 6.24. The summed E-state index contributed by atoms with van der Waals surface area (Å²) in [5.41, 5.74) is 2.02. The van der Waals surface area contributed by atoms with Crippen molar-refractivity contribution in [1.29, 1.82) is 0 Å². The molecule has 0 saturated heterocycles. The summed E-state index contributed by atoms with van der Waals surface area (Å²) in [5, 5.41) is 2.85. The van der Waals surface area contributed by atoms with Crippen molar-refractivity contribution in [3.8, 4) is 11.5 Å². The first-order valence-electron chi connectivity index (χ1n) is 10.1. The van der Waals surface area contributed by atoms with Gasteiger partial charge >= 0.3 is 5.97 Å². The van der Waals surface area contributed by atoms with Gasteiger partial charge in [-0.25, -0.2) is 4.79 Å². The molecule has 6 nitrogen and oxygen atoms in total. The Labute approximate surface area is 178 Å². The highest BCUT2D eigenvalue weighted by Gasteiger charge is 2.21. The Hall–Kier alpha value is -3.02. The summed E-state index contributed by atoms with van der Waals surface area (Å²) in [4.78, 5) is 25.1. The van der Waals surface area contributed by atoms with Gasteiger partial charge in [-0.15, -0.1) is 0 Å². The van der Waals surface area contributed by atoms with Crippen LogP contribution in [0.5, 0.6) is 11.5 Å². The second-order valence-electron chi connectivity index (χ2n) is 7.85. The van der Waals surface area contributed by atoms with E-state index in [1.54, 1.807) is 25.1 Å². The van der Waals surface area contributed by atoms with Crippen molar-refractivity contribution in [2.24, 2.45) is 5.92 Å². The summed E-state index contributed by atoms with van der Waals surface area (Å²) >= 11 is 0. The number of para-hydroxylation sites is 1. The van der Waals surface area contributed by atoms with Gasteiger partial charge in [-0.2, -0.15) is 0 Å². The normalized spacial score (nSPS) is 11.9. The van der Waals surface area contributed by atoms with Gasteiger partial charge in [0.25, 0.3) is 5.91 Å². The number of methoxy groups -OCH3 is 1. The highest BCUT2D eigenvalue weighted by molar-refractivity contribution is 5.98. The summed E-state index contributed by atoms with van der Waals surface area (Å²) in [7, 11) is 1.51. The molecule has 0 saturated carbocycles. The first-order chi connectivity index (χ1) is 14.2. The van der Waals surface area contributed by atoms with Crippen molar-refractivity contribution < 1.29 is 23.8 Å². The summed E-state index contributed by atoms with van der Waals surface area (Å²) in [5.74, 6) is 0.610. The average Bonchev–Trinajstić information content (AvgIpc) is 2.72. The summed E-state index contributed by atoms with van der Waals surface area (Å²) in [6.45, 7) is 10.3. The fraction of sp³-hybridized carbons (Fsp3) is 0.417.